The smallest absolute Gasteiger partial charge is 0.160 e. The normalized spacial score (nSPS) is 30.9. The highest BCUT2D eigenvalue weighted by Crippen LogP contribution is 2.34. The molecular formula is C12H18N2O3S. The van der Waals surface area contributed by atoms with Gasteiger partial charge in [0.2, 0.25) is 0 Å². The van der Waals surface area contributed by atoms with Crippen molar-refractivity contribution in [3.8, 4) is 0 Å². The highest BCUT2D eigenvalue weighted by atomic mass is 32.2. The van der Waals surface area contributed by atoms with E-state index in [9.17, 15) is 13.5 Å². The summed E-state index contributed by atoms with van der Waals surface area (Å²) in [5, 5.41) is 9.18. The Morgan fingerprint density at radius 1 is 1.33 bits per heavy atom. The molecule has 3 heterocycles. The summed E-state index contributed by atoms with van der Waals surface area (Å²) in [6.45, 7) is 0.678. The third-order valence-corrected chi connectivity index (χ3v) is 6.14. The standard InChI is InChI=1S/C12H18N2O3S/c15-10-4-5-14-9(7-10)8-13-12(14)11-3-1-2-6-18(11,16)17/h8,10-11,15H,1-7H2. The predicted molar refractivity (Wildman–Crippen MR) is 66.9 cm³/mol. The van der Waals surface area contributed by atoms with Crippen molar-refractivity contribution in [1.29, 1.82) is 0 Å². The maximum Gasteiger partial charge on any atom is 0.160 e. The Labute approximate surface area is 107 Å². The molecule has 0 bridgehead atoms. The van der Waals surface area contributed by atoms with Crippen LogP contribution in [0.4, 0.5) is 0 Å². The molecule has 2 unspecified atom stereocenters. The molecule has 1 saturated heterocycles. The lowest BCUT2D eigenvalue weighted by Crippen LogP contribution is -2.28. The van der Waals surface area contributed by atoms with Crippen molar-refractivity contribution in [2.24, 2.45) is 0 Å². The second-order valence-corrected chi connectivity index (χ2v) is 7.56. The number of nitrogens with zero attached hydrogens (tertiary/aromatic N) is 2. The zero-order valence-electron chi connectivity index (χ0n) is 10.2. The molecular weight excluding hydrogens is 252 g/mol. The number of fused-ring (bicyclic) bond motifs is 1. The lowest BCUT2D eigenvalue weighted by atomic mass is 10.1. The van der Waals surface area contributed by atoms with E-state index in [1.165, 1.54) is 0 Å². The molecule has 1 aromatic rings. The monoisotopic (exact) mass is 270 g/mol. The van der Waals surface area contributed by atoms with Crippen LogP contribution in [0.2, 0.25) is 0 Å². The first-order valence-electron chi connectivity index (χ1n) is 6.52. The molecule has 0 radical (unpaired) electrons. The number of aliphatic hydroxyl groups is 1. The van der Waals surface area contributed by atoms with Gasteiger partial charge in [-0.2, -0.15) is 0 Å². The molecule has 2 aliphatic heterocycles. The van der Waals surface area contributed by atoms with Crippen LogP contribution in [0.25, 0.3) is 0 Å². The van der Waals surface area contributed by atoms with E-state index in [4.69, 9.17) is 0 Å². The number of imidazole rings is 1. The predicted octanol–water partition coefficient (Wildman–Crippen LogP) is 0.830. The van der Waals surface area contributed by atoms with E-state index in [0.717, 1.165) is 18.5 Å². The molecule has 2 atom stereocenters. The summed E-state index contributed by atoms with van der Waals surface area (Å²) < 4.78 is 26.3. The van der Waals surface area contributed by atoms with Crippen molar-refractivity contribution in [2.45, 2.75) is 50.0 Å². The molecule has 2 aliphatic rings. The van der Waals surface area contributed by atoms with Crippen LogP contribution in [-0.2, 0) is 22.8 Å². The van der Waals surface area contributed by atoms with Gasteiger partial charge in [0.15, 0.2) is 9.84 Å². The molecule has 1 N–H and O–H groups in total. The number of hydrogen-bond acceptors (Lipinski definition) is 4. The molecule has 0 saturated carbocycles. The fourth-order valence-corrected chi connectivity index (χ4v) is 4.90. The molecule has 0 aromatic carbocycles. The van der Waals surface area contributed by atoms with Crippen molar-refractivity contribution >= 4 is 9.84 Å². The Hall–Kier alpha value is -0.880. The summed E-state index contributed by atoms with van der Waals surface area (Å²) >= 11 is 0. The van der Waals surface area contributed by atoms with Gasteiger partial charge in [0.25, 0.3) is 0 Å². The van der Waals surface area contributed by atoms with Gasteiger partial charge in [-0.05, 0) is 19.3 Å². The zero-order valence-corrected chi connectivity index (χ0v) is 11.1. The van der Waals surface area contributed by atoms with E-state index in [1.54, 1.807) is 6.20 Å². The number of aromatic nitrogens is 2. The van der Waals surface area contributed by atoms with Gasteiger partial charge >= 0.3 is 0 Å². The van der Waals surface area contributed by atoms with E-state index < -0.39 is 15.1 Å². The van der Waals surface area contributed by atoms with Crippen LogP contribution in [0.15, 0.2) is 6.20 Å². The van der Waals surface area contributed by atoms with Crippen LogP contribution in [0.5, 0.6) is 0 Å². The molecule has 5 nitrogen and oxygen atoms in total. The van der Waals surface area contributed by atoms with Crippen molar-refractivity contribution in [1.82, 2.24) is 9.55 Å². The first kappa shape index (κ1) is 12.2. The van der Waals surface area contributed by atoms with E-state index in [0.29, 0.717) is 31.6 Å². The molecule has 3 rings (SSSR count). The van der Waals surface area contributed by atoms with Crippen molar-refractivity contribution in [3.63, 3.8) is 0 Å². The highest BCUT2D eigenvalue weighted by molar-refractivity contribution is 7.91. The largest absolute Gasteiger partial charge is 0.393 e. The second-order valence-electron chi connectivity index (χ2n) is 5.26. The van der Waals surface area contributed by atoms with Crippen LogP contribution < -0.4 is 0 Å². The maximum atomic E-state index is 12.1. The van der Waals surface area contributed by atoms with Crippen molar-refractivity contribution in [2.75, 3.05) is 5.75 Å². The molecule has 18 heavy (non-hydrogen) atoms. The third kappa shape index (κ3) is 1.97. The minimum Gasteiger partial charge on any atom is -0.393 e. The van der Waals surface area contributed by atoms with Gasteiger partial charge in [-0.3, -0.25) is 0 Å². The Morgan fingerprint density at radius 2 is 2.17 bits per heavy atom. The van der Waals surface area contributed by atoms with Gasteiger partial charge in [-0.1, -0.05) is 6.42 Å². The number of hydrogen-bond donors (Lipinski definition) is 1. The van der Waals surface area contributed by atoms with Gasteiger partial charge in [0.05, 0.1) is 11.9 Å². The topological polar surface area (TPSA) is 72.2 Å². The van der Waals surface area contributed by atoms with E-state index in [-0.39, 0.29) is 11.9 Å². The first-order chi connectivity index (χ1) is 8.58. The van der Waals surface area contributed by atoms with Crippen LogP contribution in [-0.4, -0.2) is 34.9 Å². The second kappa shape index (κ2) is 4.35. The van der Waals surface area contributed by atoms with Crippen LogP contribution in [0.3, 0.4) is 0 Å². The summed E-state index contributed by atoms with van der Waals surface area (Å²) in [5.74, 6) is 0.972. The minimum absolute atomic E-state index is 0.280. The fraction of sp³-hybridized carbons (Fsp3) is 0.750. The molecule has 1 fully saturated rings. The van der Waals surface area contributed by atoms with E-state index in [2.05, 4.69) is 4.98 Å². The summed E-state index contributed by atoms with van der Waals surface area (Å²) in [4.78, 5) is 4.32. The molecule has 0 aliphatic carbocycles. The lowest BCUT2D eigenvalue weighted by Gasteiger charge is -2.26. The molecule has 100 valence electrons. The zero-order chi connectivity index (χ0) is 12.8. The van der Waals surface area contributed by atoms with Crippen molar-refractivity contribution < 1.29 is 13.5 Å². The average Bonchev–Trinajstić information content (AvgIpc) is 2.71. The van der Waals surface area contributed by atoms with Crippen LogP contribution in [0.1, 0.15) is 42.5 Å². The fourth-order valence-electron chi connectivity index (χ4n) is 2.97. The minimum atomic E-state index is -3.04. The van der Waals surface area contributed by atoms with Gasteiger partial charge in [-0.25, -0.2) is 13.4 Å². The number of sulfone groups is 1. The third-order valence-electron chi connectivity index (χ3n) is 3.97. The molecule has 6 heteroatoms. The maximum absolute atomic E-state index is 12.1. The molecule has 0 amide bonds. The van der Waals surface area contributed by atoms with Crippen molar-refractivity contribution in [3.05, 3.63) is 17.7 Å². The van der Waals surface area contributed by atoms with E-state index in [1.807, 2.05) is 4.57 Å². The van der Waals surface area contributed by atoms with E-state index >= 15 is 0 Å². The summed E-state index contributed by atoms with van der Waals surface area (Å²) in [6.07, 6.45) is 5.08. The Morgan fingerprint density at radius 3 is 2.94 bits per heavy atom. The number of aliphatic hydroxyl groups excluding tert-OH is 1. The number of rotatable bonds is 1. The van der Waals surface area contributed by atoms with Gasteiger partial charge in [0.1, 0.15) is 11.1 Å². The Kier molecular flexibility index (Phi) is 2.94. The van der Waals surface area contributed by atoms with Crippen LogP contribution in [0, 0.1) is 0 Å². The lowest BCUT2D eigenvalue weighted by molar-refractivity contribution is 0.142. The Balaban J connectivity index is 1.98. The Bertz CT molecular complexity index is 550. The van der Waals surface area contributed by atoms with Gasteiger partial charge < -0.3 is 9.67 Å². The SMILES string of the molecule is O=S1(=O)CCCCC1c1ncc2n1CCC(O)C2. The van der Waals surface area contributed by atoms with Gasteiger partial charge in [-0.15, -0.1) is 0 Å². The quantitative estimate of drug-likeness (QED) is 0.820. The summed E-state index contributed by atoms with van der Waals surface area (Å²) in [5.41, 5.74) is 0.963. The average molecular weight is 270 g/mol. The van der Waals surface area contributed by atoms with Gasteiger partial charge in [0, 0.05) is 24.9 Å². The first-order valence-corrected chi connectivity index (χ1v) is 8.23. The summed E-state index contributed by atoms with van der Waals surface area (Å²) in [7, 11) is -3.04. The van der Waals surface area contributed by atoms with Crippen LogP contribution >= 0.6 is 0 Å². The highest BCUT2D eigenvalue weighted by Gasteiger charge is 2.35. The molecule has 0 spiro atoms. The molecule has 1 aromatic heterocycles. The summed E-state index contributed by atoms with van der Waals surface area (Å²) in [6, 6.07) is 0.